The number of nitrogens with one attached hydrogen (secondary N) is 1. The average molecular weight is 457 g/mol. The third kappa shape index (κ3) is 6.11. The monoisotopic (exact) mass is 456 g/mol. The molecule has 0 aliphatic heterocycles. The fraction of sp³-hybridized carbons (Fsp3) is 0.375. The summed E-state index contributed by atoms with van der Waals surface area (Å²) in [6.45, 7) is 11.4. The molecule has 1 aromatic heterocycles. The molecule has 3 aromatic rings. The van der Waals surface area contributed by atoms with Gasteiger partial charge in [0, 0.05) is 22.8 Å². The Morgan fingerprint density at radius 1 is 1.06 bits per heavy atom. The normalized spacial score (nSPS) is 11.7. The summed E-state index contributed by atoms with van der Waals surface area (Å²) < 4.78 is 1.98. The molecule has 3 rings (SSSR count). The van der Waals surface area contributed by atoms with Crippen LogP contribution in [-0.4, -0.2) is 33.0 Å². The van der Waals surface area contributed by atoms with Gasteiger partial charge in [-0.1, -0.05) is 82.2 Å². The van der Waals surface area contributed by atoms with E-state index in [-0.39, 0.29) is 17.1 Å². The van der Waals surface area contributed by atoms with Gasteiger partial charge in [-0.25, -0.2) is 0 Å². The largest absolute Gasteiger partial charge is 0.355 e. The van der Waals surface area contributed by atoms with Crippen LogP contribution in [0.25, 0.3) is 17.1 Å². The summed E-state index contributed by atoms with van der Waals surface area (Å²) in [6, 6.07) is 15.9. The first-order valence-electron chi connectivity index (χ1n) is 10.4. The number of hydrogen-bond donors (Lipinski definition) is 1. The van der Waals surface area contributed by atoms with Gasteiger partial charge in [-0.15, -0.1) is 10.2 Å². The number of rotatable bonds is 7. The standard InChI is InChI=1S/C24H29ClN4OS/c1-16(2)14-26-21(30)15-31-23-28-27-22(29(23)20-12-10-19(25)11-13-20)17-6-8-18(9-7-17)24(3,4)5/h6-13,16H,14-15H2,1-5H3,(H,26,30). The van der Waals surface area contributed by atoms with Crippen molar-refractivity contribution in [1.29, 1.82) is 0 Å². The van der Waals surface area contributed by atoms with Gasteiger partial charge in [0.15, 0.2) is 11.0 Å². The zero-order valence-electron chi connectivity index (χ0n) is 18.6. The molecule has 0 bridgehead atoms. The van der Waals surface area contributed by atoms with Crippen LogP contribution < -0.4 is 5.32 Å². The van der Waals surface area contributed by atoms with Gasteiger partial charge in [0.25, 0.3) is 0 Å². The zero-order valence-corrected chi connectivity index (χ0v) is 20.2. The highest BCUT2D eigenvalue weighted by atomic mass is 35.5. The van der Waals surface area contributed by atoms with E-state index in [1.807, 2.05) is 28.8 Å². The van der Waals surface area contributed by atoms with Crippen LogP contribution in [0.3, 0.4) is 0 Å². The lowest BCUT2D eigenvalue weighted by Gasteiger charge is -2.19. The minimum atomic E-state index is -0.0135. The van der Waals surface area contributed by atoms with Gasteiger partial charge in [-0.05, 0) is 41.2 Å². The summed E-state index contributed by atoms with van der Waals surface area (Å²) in [5.74, 6) is 1.41. The van der Waals surface area contributed by atoms with Crippen molar-refractivity contribution in [3.8, 4) is 17.1 Å². The van der Waals surface area contributed by atoms with Gasteiger partial charge >= 0.3 is 0 Å². The molecular weight excluding hydrogens is 428 g/mol. The van der Waals surface area contributed by atoms with Gasteiger partial charge in [0.1, 0.15) is 0 Å². The maximum Gasteiger partial charge on any atom is 0.230 e. The molecule has 1 N–H and O–H groups in total. The van der Waals surface area contributed by atoms with Crippen LogP contribution in [-0.2, 0) is 10.2 Å². The second-order valence-electron chi connectivity index (χ2n) is 8.93. The highest BCUT2D eigenvalue weighted by Crippen LogP contribution is 2.30. The molecule has 5 nitrogen and oxygen atoms in total. The van der Waals surface area contributed by atoms with Crippen LogP contribution >= 0.6 is 23.4 Å². The lowest BCUT2D eigenvalue weighted by Crippen LogP contribution is -2.28. The molecule has 1 amide bonds. The molecule has 0 radical (unpaired) electrons. The lowest BCUT2D eigenvalue weighted by atomic mass is 9.87. The van der Waals surface area contributed by atoms with Crippen molar-refractivity contribution in [2.45, 2.75) is 45.2 Å². The molecular formula is C24H29ClN4OS. The molecule has 0 fully saturated rings. The van der Waals surface area contributed by atoms with Gasteiger partial charge in [0.05, 0.1) is 5.75 Å². The van der Waals surface area contributed by atoms with Crippen molar-refractivity contribution in [1.82, 2.24) is 20.1 Å². The second-order valence-corrected chi connectivity index (χ2v) is 10.3. The van der Waals surface area contributed by atoms with Crippen molar-refractivity contribution in [3.63, 3.8) is 0 Å². The van der Waals surface area contributed by atoms with Crippen molar-refractivity contribution in [2.75, 3.05) is 12.3 Å². The van der Waals surface area contributed by atoms with Gasteiger partial charge in [0.2, 0.25) is 5.91 Å². The number of carbonyl (C=O) groups is 1. The van der Waals surface area contributed by atoms with Gasteiger partial charge < -0.3 is 5.32 Å². The molecule has 0 spiro atoms. The maximum absolute atomic E-state index is 12.2. The average Bonchev–Trinajstić information content (AvgIpc) is 3.14. The molecule has 0 aliphatic rings. The molecule has 7 heteroatoms. The Morgan fingerprint density at radius 2 is 1.71 bits per heavy atom. The van der Waals surface area contributed by atoms with E-state index in [1.165, 1.54) is 17.3 Å². The van der Waals surface area contributed by atoms with E-state index in [0.717, 1.165) is 17.1 Å². The Balaban J connectivity index is 1.93. The summed E-state index contributed by atoms with van der Waals surface area (Å²) in [5.41, 5.74) is 3.19. The van der Waals surface area contributed by atoms with Crippen LogP contribution in [0.15, 0.2) is 53.7 Å². The Labute approximate surface area is 193 Å². The molecule has 31 heavy (non-hydrogen) atoms. The molecule has 0 saturated heterocycles. The SMILES string of the molecule is CC(C)CNC(=O)CSc1nnc(-c2ccc(C(C)(C)C)cc2)n1-c1ccc(Cl)cc1. The number of benzene rings is 2. The smallest absolute Gasteiger partial charge is 0.230 e. The Kier molecular flexibility index (Phi) is 7.44. The van der Waals surface area contributed by atoms with E-state index >= 15 is 0 Å². The van der Waals surface area contributed by atoms with E-state index in [1.54, 1.807) is 0 Å². The third-order valence-electron chi connectivity index (χ3n) is 4.77. The van der Waals surface area contributed by atoms with Crippen molar-refractivity contribution in [2.24, 2.45) is 5.92 Å². The minimum absolute atomic E-state index is 0.0135. The summed E-state index contributed by atoms with van der Waals surface area (Å²) in [4.78, 5) is 12.2. The number of amides is 1. The second kappa shape index (κ2) is 9.88. The Bertz CT molecular complexity index is 1020. The number of aromatic nitrogens is 3. The van der Waals surface area contributed by atoms with Crippen LogP contribution in [0.1, 0.15) is 40.2 Å². The number of carbonyl (C=O) groups excluding carboxylic acids is 1. The highest BCUT2D eigenvalue weighted by Gasteiger charge is 2.19. The zero-order chi connectivity index (χ0) is 22.6. The van der Waals surface area contributed by atoms with Crippen LogP contribution in [0, 0.1) is 5.92 Å². The van der Waals surface area contributed by atoms with Crippen molar-refractivity contribution >= 4 is 29.3 Å². The highest BCUT2D eigenvalue weighted by molar-refractivity contribution is 7.99. The van der Waals surface area contributed by atoms with Gasteiger partial charge in [-0.3, -0.25) is 9.36 Å². The lowest BCUT2D eigenvalue weighted by molar-refractivity contribution is -0.118. The molecule has 164 valence electrons. The first kappa shape index (κ1) is 23.4. The number of thioether (sulfide) groups is 1. The van der Waals surface area contributed by atoms with Crippen molar-refractivity contribution < 1.29 is 4.79 Å². The molecule has 1 heterocycles. The molecule has 0 aliphatic carbocycles. The topological polar surface area (TPSA) is 59.8 Å². The minimum Gasteiger partial charge on any atom is -0.355 e. The Morgan fingerprint density at radius 3 is 2.29 bits per heavy atom. The first-order valence-corrected chi connectivity index (χ1v) is 11.7. The van der Waals surface area contributed by atoms with Crippen LogP contribution in [0.2, 0.25) is 5.02 Å². The molecule has 0 unspecified atom stereocenters. The summed E-state index contributed by atoms with van der Waals surface area (Å²) in [7, 11) is 0. The summed E-state index contributed by atoms with van der Waals surface area (Å²) in [6.07, 6.45) is 0. The fourth-order valence-electron chi connectivity index (χ4n) is 2.99. The van der Waals surface area contributed by atoms with E-state index < -0.39 is 0 Å². The van der Waals surface area contributed by atoms with E-state index in [2.05, 4.69) is 74.4 Å². The van der Waals surface area contributed by atoms with Crippen LogP contribution in [0.4, 0.5) is 0 Å². The number of halogens is 1. The molecule has 0 saturated carbocycles. The number of hydrogen-bond acceptors (Lipinski definition) is 4. The summed E-state index contributed by atoms with van der Waals surface area (Å²) >= 11 is 7.47. The third-order valence-corrected chi connectivity index (χ3v) is 5.95. The first-order chi connectivity index (χ1) is 14.6. The van der Waals surface area contributed by atoms with E-state index in [0.29, 0.717) is 22.6 Å². The molecule has 0 atom stereocenters. The van der Waals surface area contributed by atoms with Gasteiger partial charge in [-0.2, -0.15) is 0 Å². The maximum atomic E-state index is 12.2. The fourth-order valence-corrected chi connectivity index (χ4v) is 3.90. The predicted octanol–water partition coefficient (Wildman–Crippen LogP) is 5.75. The van der Waals surface area contributed by atoms with Crippen LogP contribution in [0.5, 0.6) is 0 Å². The Hall–Kier alpha value is -2.31. The molecule has 2 aromatic carbocycles. The van der Waals surface area contributed by atoms with Crippen molar-refractivity contribution in [3.05, 3.63) is 59.1 Å². The quantitative estimate of drug-likeness (QED) is 0.460. The number of nitrogens with zero attached hydrogens (tertiary/aromatic N) is 3. The summed E-state index contributed by atoms with van der Waals surface area (Å²) in [5, 5.41) is 13.1. The van der Waals surface area contributed by atoms with E-state index in [4.69, 9.17) is 11.6 Å². The van der Waals surface area contributed by atoms with E-state index in [9.17, 15) is 4.79 Å². The predicted molar refractivity (Wildman–Crippen MR) is 129 cm³/mol.